The van der Waals surface area contributed by atoms with Crippen LogP contribution in [0.5, 0.6) is 0 Å². The van der Waals surface area contributed by atoms with Crippen molar-refractivity contribution in [2.45, 2.75) is 52.2 Å². The molecule has 0 amide bonds. The van der Waals surface area contributed by atoms with Gasteiger partial charge < -0.3 is 10.4 Å². The van der Waals surface area contributed by atoms with Gasteiger partial charge >= 0.3 is 0 Å². The van der Waals surface area contributed by atoms with Crippen molar-refractivity contribution >= 4 is 0 Å². The van der Waals surface area contributed by atoms with Gasteiger partial charge in [0.15, 0.2) is 0 Å². The SMILES string of the molecule is CCNC(C)C1(O)C=CC(C)(C)CC1. The van der Waals surface area contributed by atoms with E-state index < -0.39 is 5.60 Å². The van der Waals surface area contributed by atoms with Gasteiger partial charge in [-0.05, 0) is 31.7 Å². The van der Waals surface area contributed by atoms with Gasteiger partial charge in [0.05, 0.1) is 5.60 Å². The lowest BCUT2D eigenvalue weighted by Crippen LogP contribution is -2.49. The van der Waals surface area contributed by atoms with Crippen molar-refractivity contribution < 1.29 is 5.11 Å². The minimum absolute atomic E-state index is 0.139. The molecule has 0 bridgehead atoms. The summed E-state index contributed by atoms with van der Waals surface area (Å²) in [7, 11) is 0. The summed E-state index contributed by atoms with van der Waals surface area (Å²) in [5.41, 5.74) is -0.399. The van der Waals surface area contributed by atoms with Gasteiger partial charge in [-0.2, -0.15) is 0 Å². The number of likely N-dealkylation sites (N-methyl/N-ethyl adjacent to an activating group) is 1. The summed E-state index contributed by atoms with van der Waals surface area (Å²) >= 11 is 0. The Morgan fingerprint density at radius 2 is 2.00 bits per heavy atom. The quantitative estimate of drug-likeness (QED) is 0.679. The lowest BCUT2D eigenvalue weighted by Gasteiger charge is -2.39. The maximum absolute atomic E-state index is 10.4. The highest BCUT2D eigenvalue weighted by molar-refractivity contribution is 5.14. The van der Waals surface area contributed by atoms with Crippen molar-refractivity contribution in [3.05, 3.63) is 12.2 Å². The first-order valence-electron chi connectivity index (χ1n) is 5.56. The lowest BCUT2D eigenvalue weighted by molar-refractivity contribution is 0.0293. The Balaban J connectivity index is 2.69. The van der Waals surface area contributed by atoms with Gasteiger partial charge in [0.25, 0.3) is 0 Å². The van der Waals surface area contributed by atoms with Gasteiger partial charge in [0.2, 0.25) is 0 Å². The van der Waals surface area contributed by atoms with E-state index in [9.17, 15) is 5.11 Å². The van der Waals surface area contributed by atoms with Crippen LogP contribution in [0.4, 0.5) is 0 Å². The average Bonchev–Trinajstić information content (AvgIpc) is 2.11. The Bertz CT molecular complexity index is 222. The van der Waals surface area contributed by atoms with E-state index in [1.165, 1.54) is 0 Å². The van der Waals surface area contributed by atoms with Gasteiger partial charge in [-0.15, -0.1) is 0 Å². The zero-order chi connectivity index (χ0) is 10.8. The third-order valence-corrected chi connectivity index (χ3v) is 3.25. The lowest BCUT2D eigenvalue weighted by atomic mass is 9.74. The first-order chi connectivity index (χ1) is 6.40. The van der Waals surface area contributed by atoms with Crippen molar-refractivity contribution in [3.63, 3.8) is 0 Å². The van der Waals surface area contributed by atoms with E-state index in [1.54, 1.807) is 0 Å². The Kier molecular flexibility index (Phi) is 3.38. The Labute approximate surface area is 87.4 Å². The molecule has 14 heavy (non-hydrogen) atoms. The van der Waals surface area contributed by atoms with E-state index in [2.05, 4.69) is 32.2 Å². The number of rotatable bonds is 3. The standard InChI is InChI=1S/C12H23NO/c1-5-13-10(2)12(14)8-6-11(3,4)7-9-12/h6,8,10,13-14H,5,7,9H2,1-4H3. The van der Waals surface area contributed by atoms with E-state index in [-0.39, 0.29) is 11.5 Å². The van der Waals surface area contributed by atoms with Crippen LogP contribution in [0, 0.1) is 5.41 Å². The van der Waals surface area contributed by atoms with Crippen LogP contribution in [0.25, 0.3) is 0 Å². The van der Waals surface area contributed by atoms with Crippen LogP contribution >= 0.6 is 0 Å². The van der Waals surface area contributed by atoms with Gasteiger partial charge in [-0.3, -0.25) is 0 Å². The molecule has 0 fully saturated rings. The van der Waals surface area contributed by atoms with Crippen molar-refractivity contribution in [1.82, 2.24) is 5.32 Å². The van der Waals surface area contributed by atoms with Crippen LogP contribution in [-0.4, -0.2) is 23.3 Å². The highest BCUT2D eigenvalue weighted by Crippen LogP contribution is 2.35. The topological polar surface area (TPSA) is 32.3 Å². The average molecular weight is 197 g/mol. The molecule has 0 saturated heterocycles. The first-order valence-corrected chi connectivity index (χ1v) is 5.56. The fourth-order valence-electron chi connectivity index (χ4n) is 1.90. The molecule has 82 valence electrons. The Morgan fingerprint density at radius 1 is 1.36 bits per heavy atom. The van der Waals surface area contributed by atoms with Gasteiger partial charge in [0.1, 0.15) is 0 Å². The molecule has 2 nitrogen and oxygen atoms in total. The molecule has 0 aliphatic heterocycles. The predicted molar refractivity (Wildman–Crippen MR) is 60.2 cm³/mol. The predicted octanol–water partition coefficient (Wildman–Crippen LogP) is 2.09. The molecule has 0 heterocycles. The molecule has 2 atom stereocenters. The summed E-state index contributed by atoms with van der Waals surface area (Å²) in [6, 6.07) is 0.139. The summed E-state index contributed by atoms with van der Waals surface area (Å²) in [6.45, 7) is 9.44. The molecule has 2 heteroatoms. The molecule has 1 aliphatic rings. The second-order valence-electron chi connectivity index (χ2n) is 5.09. The van der Waals surface area contributed by atoms with E-state index >= 15 is 0 Å². The number of hydrogen-bond donors (Lipinski definition) is 2. The van der Waals surface area contributed by atoms with Crippen molar-refractivity contribution in [2.24, 2.45) is 5.41 Å². The smallest absolute Gasteiger partial charge is 0.0977 e. The van der Waals surface area contributed by atoms with E-state index in [0.29, 0.717) is 0 Å². The van der Waals surface area contributed by atoms with E-state index in [0.717, 1.165) is 19.4 Å². The number of hydrogen-bond acceptors (Lipinski definition) is 2. The van der Waals surface area contributed by atoms with Gasteiger partial charge in [-0.25, -0.2) is 0 Å². The minimum atomic E-state index is -0.647. The first kappa shape index (κ1) is 11.7. The fraction of sp³-hybridized carbons (Fsp3) is 0.833. The Morgan fingerprint density at radius 3 is 2.43 bits per heavy atom. The molecule has 0 aromatic carbocycles. The summed E-state index contributed by atoms with van der Waals surface area (Å²) in [6.07, 6.45) is 6.02. The van der Waals surface area contributed by atoms with Crippen LogP contribution in [-0.2, 0) is 0 Å². The molecule has 2 unspecified atom stereocenters. The zero-order valence-electron chi connectivity index (χ0n) is 9.80. The molecular weight excluding hydrogens is 174 g/mol. The summed E-state index contributed by atoms with van der Waals surface area (Å²) < 4.78 is 0. The monoisotopic (exact) mass is 197 g/mol. The van der Waals surface area contributed by atoms with Crippen LogP contribution in [0.2, 0.25) is 0 Å². The van der Waals surface area contributed by atoms with Crippen LogP contribution in [0.15, 0.2) is 12.2 Å². The van der Waals surface area contributed by atoms with Crippen molar-refractivity contribution in [3.8, 4) is 0 Å². The molecule has 0 spiro atoms. The highest BCUT2D eigenvalue weighted by atomic mass is 16.3. The van der Waals surface area contributed by atoms with Gasteiger partial charge in [0, 0.05) is 6.04 Å². The number of allylic oxidation sites excluding steroid dienone is 1. The molecule has 0 aromatic rings. The largest absolute Gasteiger partial charge is 0.384 e. The van der Waals surface area contributed by atoms with Crippen LogP contribution < -0.4 is 5.32 Å². The molecule has 0 aromatic heterocycles. The fourth-order valence-corrected chi connectivity index (χ4v) is 1.90. The second-order valence-corrected chi connectivity index (χ2v) is 5.09. The normalized spacial score (nSPS) is 32.9. The minimum Gasteiger partial charge on any atom is -0.384 e. The van der Waals surface area contributed by atoms with Crippen LogP contribution in [0.3, 0.4) is 0 Å². The molecule has 2 N–H and O–H groups in total. The summed E-state index contributed by atoms with van der Waals surface area (Å²) in [5.74, 6) is 0. The molecule has 1 rings (SSSR count). The van der Waals surface area contributed by atoms with Crippen LogP contribution in [0.1, 0.15) is 40.5 Å². The van der Waals surface area contributed by atoms with Crippen molar-refractivity contribution in [2.75, 3.05) is 6.54 Å². The number of nitrogens with one attached hydrogen (secondary N) is 1. The zero-order valence-corrected chi connectivity index (χ0v) is 9.80. The van der Waals surface area contributed by atoms with E-state index in [1.807, 2.05) is 13.0 Å². The second kappa shape index (κ2) is 4.03. The molecule has 0 radical (unpaired) electrons. The third-order valence-electron chi connectivity index (χ3n) is 3.25. The molecule has 1 aliphatic carbocycles. The van der Waals surface area contributed by atoms with E-state index in [4.69, 9.17) is 0 Å². The summed E-state index contributed by atoms with van der Waals surface area (Å²) in [4.78, 5) is 0. The van der Waals surface area contributed by atoms with Gasteiger partial charge in [-0.1, -0.05) is 32.9 Å². The third kappa shape index (κ3) is 2.58. The molecular formula is C12H23NO. The maximum atomic E-state index is 10.4. The molecule has 0 saturated carbocycles. The summed E-state index contributed by atoms with van der Waals surface area (Å²) in [5, 5.41) is 13.6. The van der Waals surface area contributed by atoms with Crippen molar-refractivity contribution in [1.29, 1.82) is 0 Å². The maximum Gasteiger partial charge on any atom is 0.0977 e. The highest BCUT2D eigenvalue weighted by Gasteiger charge is 2.35. The Hall–Kier alpha value is -0.340. The number of aliphatic hydroxyl groups is 1.